The van der Waals surface area contributed by atoms with Crippen LogP contribution >= 0.6 is 15.6 Å². The first-order valence-electron chi connectivity index (χ1n) is 38.2. The SMILES string of the molecule is CC/C=C\C/C=C\C/C=C\C/C=C\CCCCC(=O)OCC(COP(=O)(O)OCC(O)COP(=O)(O)OCC(COC(=O)CCCCCCC/C=C\C/C=C\CCCCC)OC(=O)CCCCCCCCCCCCCCC)OC(=O)CCCCCCCCCCCCCCC. The van der Waals surface area contributed by atoms with Crippen LogP contribution in [-0.4, -0.2) is 96.7 Å². The molecule has 3 N–H and O–H groups in total. The van der Waals surface area contributed by atoms with E-state index in [0.29, 0.717) is 25.7 Å². The van der Waals surface area contributed by atoms with Crippen molar-refractivity contribution in [3.63, 3.8) is 0 Å². The van der Waals surface area contributed by atoms with E-state index in [2.05, 4.69) is 101 Å². The van der Waals surface area contributed by atoms with E-state index in [4.69, 9.17) is 37.0 Å². The van der Waals surface area contributed by atoms with Crippen LogP contribution in [0.2, 0.25) is 0 Å². The number of unbranched alkanes of at least 4 members (excludes halogenated alkanes) is 34. The Bertz CT molecular complexity index is 2110. The largest absolute Gasteiger partial charge is 0.472 e. The van der Waals surface area contributed by atoms with Crippen LogP contribution in [0.1, 0.15) is 336 Å². The third kappa shape index (κ3) is 69.0. The zero-order chi connectivity index (χ0) is 70.4. The second-order valence-corrected chi connectivity index (χ2v) is 28.5. The summed E-state index contributed by atoms with van der Waals surface area (Å²) in [5, 5.41) is 10.6. The van der Waals surface area contributed by atoms with Gasteiger partial charge >= 0.3 is 39.5 Å². The average Bonchev–Trinajstić information content (AvgIpc) is 1.14. The molecule has 96 heavy (non-hydrogen) atoms. The molecule has 0 amide bonds. The molecule has 0 fully saturated rings. The maximum Gasteiger partial charge on any atom is 0.472 e. The van der Waals surface area contributed by atoms with Crippen LogP contribution in [0.4, 0.5) is 0 Å². The van der Waals surface area contributed by atoms with Gasteiger partial charge in [-0.1, -0.05) is 287 Å². The lowest BCUT2D eigenvalue weighted by Crippen LogP contribution is -2.30. The summed E-state index contributed by atoms with van der Waals surface area (Å²) < 4.78 is 68.4. The number of esters is 4. The van der Waals surface area contributed by atoms with Crippen molar-refractivity contribution in [2.75, 3.05) is 39.6 Å². The van der Waals surface area contributed by atoms with Gasteiger partial charge in [-0.2, -0.15) is 0 Å². The molecule has 0 aliphatic rings. The topological polar surface area (TPSA) is 237 Å². The van der Waals surface area contributed by atoms with Crippen LogP contribution in [0.3, 0.4) is 0 Å². The van der Waals surface area contributed by atoms with Crippen LogP contribution in [0.25, 0.3) is 0 Å². The normalized spacial score (nSPS) is 14.4. The summed E-state index contributed by atoms with van der Waals surface area (Å²) in [6, 6.07) is 0. The summed E-state index contributed by atoms with van der Waals surface area (Å²) in [5.74, 6) is -2.21. The van der Waals surface area contributed by atoms with Gasteiger partial charge in [0.2, 0.25) is 0 Å². The molecule has 0 saturated heterocycles. The Labute approximate surface area is 583 Å². The molecule has 0 aromatic heterocycles. The minimum absolute atomic E-state index is 0.0907. The fourth-order valence-corrected chi connectivity index (χ4v) is 11.9. The van der Waals surface area contributed by atoms with Gasteiger partial charge in [-0.25, -0.2) is 9.13 Å². The second-order valence-electron chi connectivity index (χ2n) is 25.6. The maximum absolute atomic E-state index is 13.1. The monoisotopic (exact) mass is 1400 g/mol. The van der Waals surface area contributed by atoms with E-state index in [1.165, 1.54) is 122 Å². The zero-order valence-electron chi connectivity index (χ0n) is 60.8. The van der Waals surface area contributed by atoms with E-state index < -0.39 is 97.5 Å². The Balaban J connectivity index is 5.35. The highest BCUT2D eigenvalue weighted by Gasteiger charge is 2.30. The third-order valence-electron chi connectivity index (χ3n) is 16.2. The van der Waals surface area contributed by atoms with E-state index in [1.54, 1.807) is 0 Å². The van der Waals surface area contributed by atoms with Crippen LogP contribution in [-0.2, 0) is 65.4 Å². The number of rotatable bonds is 72. The number of carbonyl (C=O) groups excluding carboxylic acids is 4. The molecule has 0 spiro atoms. The van der Waals surface area contributed by atoms with Gasteiger partial charge in [0, 0.05) is 25.7 Å². The van der Waals surface area contributed by atoms with Crippen LogP contribution < -0.4 is 0 Å². The van der Waals surface area contributed by atoms with Gasteiger partial charge in [-0.3, -0.25) is 37.3 Å². The number of hydrogen-bond acceptors (Lipinski definition) is 15. The molecule has 0 aromatic rings. The van der Waals surface area contributed by atoms with Crippen LogP contribution in [0.5, 0.6) is 0 Å². The fraction of sp³-hybridized carbons (Fsp3) is 0.792. The minimum atomic E-state index is -4.97. The van der Waals surface area contributed by atoms with Gasteiger partial charge < -0.3 is 33.8 Å². The first-order chi connectivity index (χ1) is 46.7. The smallest absolute Gasteiger partial charge is 0.462 e. The van der Waals surface area contributed by atoms with Crippen molar-refractivity contribution in [2.45, 2.75) is 354 Å². The molecular weight excluding hydrogens is 1260 g/mol. The van der Waals surface area contributed by atoms with Gasteiger partial charge in [0.1, 0.15) is 19.3 Å². The van der Waals surface area contributed by atoms with E-state index in [0.717, 1.165) is 135 Å². The van der Waals surface area contributed by atoms with Crippen molar-refractivity contribution in [3.8, 4) is 0 Å². The lowest BCUT2D eigenvalue weighted by Gasteiger charge is -2.21. The Hall–Kier alpha value is -3.50. The van der Waals surface area contributed by atoms with Gasteiger partial charge in [0.05, 0.1) is 26.4 Å². The van der Waals surface area contributed by atoms with Crippen molar-refractivity contribution in [1.29, 1.82) is 0 Å². The number of phosphoric ester groups is 2. The van der Waals surface area contributed by atoms with E-state index in [-0.39, 0.29) is 25.7 Å². The second kappa shape index (κ2) is 70.0. The summed E-state index contributed by atoms with van der Waals surface area (Å²) in [5.41, 5.74) is 0. The molecule has 558 valence electrons. The van der Waals surface area contributed by atoms with Gasteiger partial charge in [-0.15, -0.1) is 0 Å². The van der Waals surface area contributed by atoms with E-state index in [9.17, 15) is 43.2 Å². The molecule has 0 heterocycles. The quantitative estimate of drug-likeness (QED) is 0.0169. The molecule has 5 atom stereocenters. The number of ether oxygens (including phenoxy) is 4. The molecule has 0 radical (unpaired) electrons. The summed E-state index contributed by atoms with van der Waals surface area (Å²) in [6.45, 7) is 4.71. The number of allylic oxidation sites excluding steroid dienone is 12. The van der Waals surface area contributed by atoms with E-state index >= 15 is 0 Å². The van der Waals surface area contributed by atoms with E-state index in [1.807, 2.05) is 0 Å². The maximum atomic E-state index is 13.1. The molecule has 0 rings (SSSR count). The van der Waals surface area contributed by atoms with Gasteiger partial charge in [0.15, 0.2) is 12.2 Å². The Morgan fingerprint density at radius 1 is 0.302 bits per heavy atom. The summed E-state index contributed by atoms with van der Waals surface area (Å²) in [7, 11) is -9.95. The number of aliphatic hydroxyl groups excluding tert-OH is 1. The molecule has 5 unspecified atom stereocenters. The molecule has 0 aromatic carbocycles. The highest BCUT2D eigenvalue weighted by atomic mass is 31.2. The van der Waals surface area contributed by atoms with Crippen molar-refractivity contribution in [3.05, 3.63) is 72.9 Å². The third-order valence-corrected chi connectivity index (χ3v) is 18.1. The zero-order valence-corrected chi connectivity index (χ0v) is 62.6. The number of carbonyl (C=O) groups is 4. The first kappa shape index (κ1) is 92.5. The Morgan fingerprint density at radius 2 is 0.542 bits per heavy atom. The Morgan fingerprint density at radius 3 is 0.875 bits per heavy atom. The fourth-order valence-electron chi connectivity index (χ4n) is 10.4. The highest BCUT2D eigenvalue weighted by Crippen LogP contribution is 2.45. The number of hydrogen-bond donors (Lipinski definition) is 3. The summed E-state index contributed by atoms with van der Waals surface area (Å²) in [6.07, 6.45) is 68.9. The van der Waals surface area contributed by atoms with Gasteiger partial charge in [0.25, 0.3) is 0 Å². The van der Waals surface area contributed by atoms with Crippen molar-refractivity contribution < 1.29 is 80.2 Å². The van der Waals surface area contributed by atoms with Crippen LogP contribution in [0.15, 0.2) is 72.9 Å². The van der Waals surface area contributed by atoms with Gasteiger partial charge in [-0.05, 0) is 96.3 Å². The van der Waals surface area contributed by atoms with Crippen molar-refractivity contribution >= 4 is 39.5 Å². The standard InChI is InChI=1S/C77H138O17P2/c1-5-9-13-17-21-25-29-33-35-39-41-45-49-53-57-61-74(79)87-67-72(93-76(81)63-59-55-51-47-43-37-31-27-23-19-15-11-7-3)69-91-95(83,84)89-65-71(78)66-90-96(85,86)92-70-73(94-77(82)64-60-56-52-48-44-38-32-28-24-20-16-12-8-4)68-88-75(80)62-58-54-50-46-42-40-36-34-30-26-22-18-14-10-6-2/h9,13,21-22,25-26,33-36,41,45,71-73,78H,5-8,10-12,14-20,23-24,27-32,37-40,42-44,46-70H2,1-4H3,(H,83,84)(H,85,86)/b13-9-,25-21-,26-22-,35-33-,36-34-,45-41-. The van der Waals surface area contributed by atoms with Crippen molar-refractivity contribution in [2.24, 2.45) is 0 Å². The summed E-state index contributed by atoms with van der Waals surface area (Å²) in [4.78, 5) is 72.8. The van der Waals surface area contributed by atoms with Crippen molar-refractivity contribution in [1.82, 2.24) is 0 Å². The lowest BCUT2D eigenvalue weighted by atomic mass is 10.0. The lowest BCUT2D eigenvalue weighted by molar-refractivity contribution is -0.161. The average molecular weight is 1400 g/mol. The molecule has 19 heteroatoms. The molecule has 17 nitrogen and oxygen atoms in total. The van der Waals surface area contributed by atoms with Crippen LogP contribution in [0, 0.1) is 0 Å². The summed E-state index contributed by atoms with van der Waals surface area (Å²) >= 11 is 0. The molecule has 0 aliphatic carbocycles. The predicted octanol–water partition coefficient (Wildman–Crippen LogP) is 21.7. The number of phosphoric acid groups is 2. The Kier molecular flexibility index (Phi) is 67.4. The number of aliphatic hydroxyl groups is 1. The molecule has 0 bridgehead atoms. The highest BCUT2D eigenvalue weighted by molar-refractivity contribution is 7.47. The molecule has 0 saturated carbocycles. The minimum Gasteiger partial charge on any atom is -0.462 e. The predicted molar refractivity (Wildman–Crippen MR) is 390 cm³/mol. The molecular formula is C77H138O17P2. The molecule has 0 aliphatic heterocycles. The first-order valence-corrected chi connectivity index (χ1v) is 41.2.